The molecule has 0 aliphatic carbocycles. The molecule has 0 aromatic carbocycles. The molecule has 1 rings (SSSR count). The number of hydrogen-bond acceptors (Lipinski definition) is 3. The van der Waals surface area contributed by atoms with Crippen LogP contribution in [0.5, 0.6) is 0 Å². The molecule has 1 heterocycles. The van der Waals surface area contributed by atoms with E-state index in [0.717, 1.165) is 39.1 Å². The first-order valence-electron chi connectivity index (χ1n) is 6.84. The fourth-order valence-electron chi connectivity index (χ4n) is 2.19. The zero-order valence-electron chi connectivity index (χ0n) is 12.5. The zero-order valence-corrected chi connectivity index (χ0v) is 12.5. The molecule has 1 aliphatic rings. The lowest BCUT2D eigenvalue weighted by atomic mass is 9.89. The van der Waals surface area contributed by atoms with Crippen LogP contribution in [-0.4, -0.2) is 59.1 Å². The van der Waals surface area contributed by atoms with Crippen LogP contribution in [0.4, 0.5) is 0 Å². The molecular formula is C14H28N2O2. The summed E-state index contributed by atoms with van der Waals surface area (Å²) in [5.74, 6) is -0.698. The van der Waals surface area contributed by atoms with E-state index in [4.69, 9.17) is 5.11 Å². The molecule has 0 unspecified atom stereocenters. The molecule has 4 heteroatoms. The van der Waals surface area contributed by atoms with Gasteiger partial charge in [0.05, 0.1) is 5.41 Å². The molecule has 1 N–H and O–H groups in total. The summed E-state index contributed by atoms with van der Waals surface area (Å²) in [5, 5.41) is 9.09. The third-order valence-electron chi connectivity index (χ3n) is 3.95. The molecule has 0 spiro atoms. The molecular weight excluding hydrogens is 228 g/mol. The van der Waals surface area contributed by atoms with Gasteiger partial charge in [0, 0.05) is 31.7 Å². The second-order valence-corrected chi connectivity index (χ2v) is 6.94. The molecule has 0 bridgehead atoms. The molecule has 0 aromatic rings. The van der Waals surface area contributed by atoms with Crippen LogP contribution in [0.1, 0.15) is 41.0 Å². The van der Waals surface area contributed by atoms with Gasteiger partial charge in [-0.05, 0) is 47.6 Å². The first kappa shape index (κ1) is 15.4. The predicted molar refractivity (Wildman–Crippen MR) is 73.8 cm³/mol. The van der Waals surface area contributed by atoms with Crippen LogP contribution in [-0.2, 0) is 4.79 Å². The van der Waals surface area contributed by atoms with E-state index in [0.29, 0.717) is 0 Å². The highest BCUT2D eigenvalue weighted by atomic mass is 16.4. The van der Waals surface area contributed by atoms with E-state index >= 15 is 0 Å². The van der Waals surface area contributed by atoms with Crippen molar-refractivity contribution in [1.29, 1.82) is 0 Å². The predicted octanol–water partition coefficient (Wildman–Crippen LogP) is 1.90. The van der Waals surface area contributed by atoms with E-state index in [1.807, 2.05) is 0 Å². The first-order chi connectivity index (χ1) is 8.13. The summed E-state index contributed by atoms with van der Waals surface area (Å²) in [6.45, 7) is 15.5. The van der Waals surface area contributed by atoms with Crippen LogP contribution in [0.3, 0.4) is 0 Å². The number of carboxylic acids is 1. The maximum atomic E-state index is 11.1. The van der Waals surface area contributed by atoms with Gasteiger partial charge >= 0.3 is 5.97 Å². The minimum Gasteiger partial charge on any atom is -0.481 e. The van der Waals surface area contributed by atoms with Gasteiger partial charge < -0.3 is 10.0 Å². The SMILES string of the molecule is CC(C)(CCN1CCN(C(C)(C)C)CC1)C(=O)O. The summed E-state index contributed by atoms with van der Waals surface area (Å²) in [6, 6.07) is 0. The maximum Gasteiger partial charge on any atom is 0.309 e. The van der Waals surface area contributed by atoms with Gasteiger partial charge in [0.15, 0.2) is 0 Å². The van der Waals surface area contributed by atoms with Gasteiger partial charge in [0.1, 0.15) is 0 Å². The molecule has 18 heavy (non-hydrogen) atoms. The maximum absolute atomic E-state index is 11.1. The van der Waals surface area contributed by atoms with Crippen molar-refractivity contribution in [3.05, 3.63) is 0 Å². The van der Waals surface area contributed by atoms with E-state index in [1.165, 1.54) is 0 Å². The van der Waals surface area contributed by atoms with Crippen molar-refractivity contribution in [1.82, 2.24) is 9.80 Å². The van der Waals surface area contributed by atoms with Crippen molar-refractivity contribution >= 4 is 5.97 Å². The van der Waals surface area contributed by atoms with Crippen molar-refractivity contribution < 1.29 is 9.90 Å². The second-order valence-electron chi connectivity index (χ2n) is 6.94. The molecule has 1 saturated heterocycles. The summed E-state index contributed by atoms with van der Waals surface area (Å²) >= 11 is 0. The lowest BCUT2D eigenvalue weighted by Crippen LogP contribution is -2.53. The summed E-state index contributed by atoms with van der Waals surface area (Å²) in [5.41, 5.74) is -0.367. The zero-order chi connectivity index (χ0) is 14.0. The number of rotatable bonds is 4. The summed E-state index contributed by atoms with van der Waals surface area (Å²) in [6.07, 6.45) is 0.720. The summed E-state index contributed by atoms with van der Waals surface area (Å²) in [7, 11) is 0. The largest absolute Gasteiger partial charge is 0.481 e. The van der Waals surface area contributed by atoms with E-state index < -0.39 is 11.4 Å². The normalized spacial score (nSPS) is 20.1. The van der Waals surface area contributed by atoms with E-state index in [2.05, 4.69) is 30.6 Å². The van der Waals surface area contributed by atoms with Crippen molar-refractivity contribution in [3.8, 4) is 0 Å². The minimum atomic E-state index is -0.698. The Balaban J connectivity index is 2.35. The molecule has 106 valence electrons. The monoisotopic (exact) mass is 256 g/mol. The van der Waals surface area contributed by atoms with Crippen molar-refractivity contribution in [2.24, 2.45) is 5.41 Å². The molecule has 1 aliphatic heterocycles. The summed E-state index contributed by atoms with van der Waals surface area (Å²) in [4.78, 5) is 15.9. The fourth-order valence-corrected chi connectivity index (χ4v) is 2.19. The second kappa shape index (κ2) is 5.57. The molecule has 4 nitrogen and oxygen atoms in total. The van der Waals surface area contributed by atoms with E-state index in [-0.39, 0.29) is 5.54 Å². The Morgan fingerprint density at radius 3 is 1.94 bits per heavy atom. The minimum absolute atomic E-state index is 0.242. The van der Waals surface area contributed by atoms with Gasteiger partial charge in [0.2, 0.25) is 0 Å². The smallest absolute Gasteiger partial charge is 0.309 e. The van der Waals surface area contributed by atoms with E-state index in [9.17, 15) is 4.79 Å². The number of carbonyl (C=O) groups is 1. The number of carboxylic acid groups (broad SMARTS) is 1. The van der Waals surface area contributed by atoms with Gasteiger partial charge in [-0.3, -0.25) is 9.69 Å². The Morgan fingerprint density at radius 1 is 1.06 bits per heavy atom. The van der Waals surface area contributed by atoms with Gasteiger partial charge in [0.25, 0.3) is 0 Å². The Morgan fingerprint density at radius 2 is 1.56 bits per heavy atom. The van der Waals surface area contributed by atoms with Gasteiger partial charge in [-0.25, -0.2) is 0 Å². The fraction of sp³-hybridized carbons (Fsp3) is 0.929. The third kappa shape index (κ3) is 4.25. The Hall–Kier alpha value is -0.610. The molecule has 0 aromatic heterocycles. The molecule has 0 saturated carbocycles. The highest BCUT2D eigenvalue weighted by Crippen LogP contribution is 2.22. The standard InChI is InChI=1S/C14H28N2O2/c1-13(2,3)16-10-8-15(9-11-16)7-6-14(4,5)12(17)18/h6-11H2,1-5H3,(H,17,18). The third-order valence-corrected chi connectivity index (χ3v) is 3.95. The Labute approximate surface area is 111 Å². The van der Waals surface area contributed by atoms with Crippen molar-refractivity contribution in [2.45, 2.75) is 46.6 Å². The Bertz CT molecular complexity index is 287. The highest BCUT2D eigenvalue weighted by molar-refractivity contribution is 5.73. The van der Waals surface area contributed by atoms with Crippen LogP contribution >= 0.6 is 0 Å². The van der Waals surface area contributed by atoms with Crippen LogP contribution in [0.25, 0.3) is 0 Å². The molecule has 0 radical (unpaired) electrons. The Kier molecular flexibility index (Phi) is 4.78. The number of nitrogens with zero attached hydrogens (tertiary/aromatic N) is 2. The molecule has 0 amide bonds. The molecule has 1 fully saturated rings. The lowest BCUT2D eigenvalue weighted by molar-refractivity contribution is -0.147. The van der Waals surface area contributed by atoms with E-state index in [1.54, 1.807) is 13.8 Å². The average molecular weight is 256 g/mol. The van der Waals surface area contributed by atoms with Gasteiger partial charge in [-0.15, -0.1) is 0 Å². The quantitative estimate of drug-likeness (QED) is 0.834. The van der Waals surface area contributed by atoms with Gasteiger partial charge in [-0.1, -0.05) is 0 Å². The van der Waals surface area contributed by atoms with Crippen LogP contribution in [0.2, 0.25) is 0 Å². The van der Waals surface area contributed by atoms with Gasteiger partial charge in [-0.2, -0.15) is 0 Å². The van der Waals surface area contributed by atoms with Crippen LogP contribution in [0.15, 0.2) is 0 Å². The average Bonchev–Trinajstić information content (AvgIpc) is 2.25. The summed E-state index contributed by atoms with van der Waals surface area (Å²) < 4.78 is 0. The topological polar surface area (TPSA) is 43.8 Å². The number of piperazine rings is 1. The number of aliphatic carboxylic acids is 1. The number of hydrogen-bond donors (Lipinski definition) is 1. The highest BCUT2D eigenvalue weighted by Gasteiger charge is 2.29. The lowest BCUT2D eigenvalue weighted by Gasteiger charge is -2.42. The molecule has 0 atom stereocenters. The first-order valence-corrected chi connectivity index (χ1v) is 6.84. The van der Waals surface area contributed by atoms with Crippen LogP contribution in [0, 0.1) is 5.41 Å². The van der Waals surface area contributed by atoms with Crippen molar-refractivity contribution in [2.75, 3.05) is 32.7 Å². The van der Waals surface area contributed by atoms with Crippen molar-refractivity contribution in [3.63, 3.8) is 0 Å². The van der Waals surface area contributed by atoms with Crippen LogP contribution < -0.4 is 0 Å².